The van der Waals surface area contributed by atoms with Gasteiger partial charge in [-0.3, -0.25) is 4.79 Å². The summed E-state index contributed by atoms with van der Waals surface area (Å²) in [4.78, 5) is 15.9. The van der Waals surface area contributed by atoms with Crippen LogP contribution in [-0.4, -0.2) is 17.4 Å². The summed E-state index contributed by atoms with van der Waals surface area (Å²) in [5, 5.41) is 1.50. The number of carbonyl (C=O) groups is 1. The van der Waals surface area contributed by atoms with E-state index in [1.807, 2.05) is 35.2 Å². The number of benzene rings is 1. The Balaban J connectivity index is 1.82. The van der Waals surface area contributed by atoms with Gasteiger partial charge < -0.3 is 4.90 Å². The van der Waals surface area contributed by atoms with Crippen LogP contribution in [0.15, 0.2) is 41.8 Å². The topological polar surface area (TPSA) is 20.3 Å². The molecule has 1 amide bonds. The fourth-order valence-corrected chi connectivity index (χ4v) is 3.95. The van der Waals surface area contributed by atoms with Gasteiger partial charge >= 0.3 is 0 Å². The molecule has 20 heavy (non-hydrogen) atoms. The Morgan fingerprint density at radius 2 is 2.10 bits per heavy atom. The predicted molar refractivity (Wildman–Crippen MR) is 83.2 cm³/mol. The number of hydrogen-bond acceptors (Lipinski definition) is 2. The molecule has 2 atom stereocenters. The fraction of sp³-hybridized carbons (Fsp3) is 0.312. The number of carbonyl (C=O) groups excluding carboxylic acids is 1. The lowest BCUT2D eigenvalue weighted by Crippen LogP contribution is -2.40. The average Bonchev–Trinajstić information content (AvgIpc) is 2.96. The van der Waals surface area contributed by atoms with Crippen molar-refractivity contribution in [1.29, 1.82) is 0 Å². The van der Waals surface area contributed by atoms with Crippen molar-refractivity contribution in [2.75, 3.05) is 6.54 Å². The van der Waals surface area contributed by atoms with E-state index in [1.165, 1.54) is 10.4 Å². The van der Waals surface area contributed by atoms with Crippen LogP contribution in [0.5, 0.6) is 0 Å². The third kappa shape index (κ3) is 2.36. The number of thiophene rings is 1. The van der Waals surface area contributed by atoms with Crippen molar-refractivity contribution >= 4 is 28.8 Å². The number of nitrogens with zero attached hydrogens (tertiary/aromatic N) is 1. The first-order chi connectivity index (χ1) is 9.68. The summed E-state index contributed by atoms with van der Waals surface area (Å²) in [7, 11) is 0. The molecule has 104 valence electrons. The highest BCUT2D eigenvalue weighted by atomic mass is 35.5. The number of halogens is 1. The second-order valence-corrected chi connectivity index (χ2v) is 6.47. The zero-order valence-electron chi connectivity index (χ0n) is 11.3. The van der Waals surface area contributed by atoms with Gasteiger partial charge in [0, 0.05) is 11.4 Å². The van der Waals surface area contributed by atoms with E-state index in [-0.39, 0.29) is 11.9 Å². The van der Waals surface area contributed by atoms with Crippen molar-refractivity contribution in [3.8, 4) is 0 Å². The molecule has 2 heterocycles. The highest BCUT2D eigenvalue weighted by Gasteiger charge is 2.32. The monoisotopic (exact) mass is 305 g/mol. The maximum atomic E-state index is 12.6. The molecule has 0 N–H and O–H groups in total. The largest absolute Gasteiger partial charge is 0.334 e. The number of amides is 1. The summed E-state index contributed by atoms with van der Waals surface area (Å²) < 4.78 is 0. The number of fused-ring (bicyclic) bond motifs is 1. The molecule has 2 aromatic rings. The van der Waals surface area contributed by atoms with E-state index in [2.05, 4.69) is 18.4 Å². The third-order valence-corrected chi connectivity index (χ3v) is 5.30. The molecule has 0 radical (unpaired) electrons. The Labute approximate surface area is 128 Å². The Morgan fingerprint density at radius 3 is 2.85 bits per heavy atom. The zero-order valence-corrected chi connectivity index (χ0v) is 12.8. The van der Waals surface area contributed by atoms with Gasteiger partial charge in [0.1, 0.15) is 5.38 Å². The van der Waals surface area contributed by atoms with Crippen LogP contribution in [-0.2, 0) is 11.2 Å². The van der Waals surface area contributed by atoms with Gasteiger partial charge in [-0.2, -0.15) is 0 Å². The fourth-order valence-electron chi connectivity index (χ4n) is 2.72. The van der Waals surface area contributed by atoms with Crippen LogP contribution >= 0.6 is 22.9 Å². The van der Waals surface area contributed by atoms with Gasteiger partial charge in [0.25, 0.3) is 0 Å². The predicted octanol–water partition coefficient (Wildman–Crippen LogP) is 4.17. The molecule has 0 aliphatic carbocycles. The van der Waals surface area contributed by atoms with Gasteiger partial charge in [-0.05, 0) is 35.9 Å². The van der Waals surface area contributed by atoms with Crippen LogP contribution in [0.3, 0.4) is 0 Å². The minimum absolute atomic E-state index is 0.00205. The van der Waals surface area contributed by atoms with Gasteiger partial charge in [-0.25, -0.2) is 0 Å². The molecule has 0 saturated carbocycles. The Bertz CT molecular complexity index is 610. The van der Waals surface area contributed by atoms with E-state index in [0.717, 1.165) is 18.5 Å². The summed E-state index contributed by atoms with van der Waals surface area (Å²) in [6.45, 7) is 2.83. The first kappa shape index (κ1) is 13.7. The van der Waals surface area contributed by atoms with Crippen molar-refractivity contribution in [2.45, 2.75) is 24.8 Å². The molecule has 1 aromatic heterocycles. The molecule has 1 aliphatic rings. The molecule has 2 nitrogen and oxygen atoms in total. The average molecular weight is 306 g/mol. The van der Waals surface area contributed by atoms with Gasteiger partial charge in [-0.1, -0.05) is 30.3 Å². The molecule has 2 unspecified atom stereocenters. The first-order valence-corrected chi connectivity index (χ1v) is 8.06. The van der Waals surface area contributed by atoms with Crippen molar-refractivity contribution in [1.82, 2.24) is 4.90 Å². The minimum Gasteiger partial charge on any atom is -0.334 e. The molecule has 4 heteroatoms. The highest BCUT2D eigenvalue weighted by Crippen LogP contribution is 2.35. The van der Waals surface area contributed by atoms with E-state index < -0.39 is 5.38 Å². The maximum Gasteiger partial charge on any atom is 0.245 e. The number of hydrogen-bond donors (Lipinski definition) is 0. The summed E-state index contributed by atoms with van der Waals surface area (Å²) in [6, 6.07) is 11.8. The van der Waals surface area contributed by atoms with Crippen molar-refractivity contribution in [3.05, 3.63) is 57.8 Å². The van der Waals surface area contributed by atoms with Crippen LogP contribution in [0.1, 0.15) is 34.3 Å². The first-order valence-electron chi connectivity index (χ1n) is 6.74. The van der Waals surface area contributed by atoms with Gasteiger partial charge in [0.2, 0.25) is 5.91 Å². The van der Waals surface area contributed by atoms with Crippen molar-refractivity contribution in [2.24, 2.45) is 0 Å². The van der Waals surface area contributed by atoms with E-state index in [1.54, 1.807) is 11.3 Å². The molecule has 0 bridgehead atoms. The van der Waals surface area contributed by atoms with Gasteiger partial charge in [-0.15, -0.1) is 22.9 Å². The van der Waals surface area contributed by atoms with Crippen LogP contribution in [0.25, 0.3) is 0 Å². The van der Waals surface area contributed by atoms with E-state index in [0.29, 0.717) is 0 Å². The molecular weight excluding hydrogens is 290 g/mol. The van der Waals surface area contributed by atoms with Gasteiger partial charge in [0.15, 0.2) is 0 Å². The Morgan fingerprint density at radius 1 is 1.35 bits per heavy atom. The summed E-state index contributed by atoms with van der Waals surface area (Å²) in [5.41, 5.74) is 2.13. The van der Waals surface area contributed by atoms with Crippen molar-refractivity contribution < 1.29 is 4.79 Å². The number of rotatable bonds is 2. The normalized spacial score (nSPS) is 19.5. The Hall–Kier alpha value is -1.32. The lowest BCUT2D eigenvalue weighted by atomic mass is 10.00. The van der Waals surface area contributed by atoms with Crippen LogP contribution in [0.4, 0.5) is 0 Å². The Kier molecular flexibility index (Phi) is 3.81. The molecule has 1 aromatic carbocycles. The van der Waals surface area contributed by atoms with Crippen LogP contribution in [0.2, 0.25) is 0 Å². The number of alkyl halides is 1. The SMILES string of the molecule is CC1c2ccsc2CCN1C(=O)C(Cl)c1ccccc1. The zero-order chi connectivity index (χ0) is 14.1. The molecule has 0 spiro atoms. The summed E-state index contributed by atoms with van der Waals surface area (Å²) in [6.07, 6.45) is 0.932. The standard InChI is InChI=1S/C16H16ClNOS/c1-11-13-8-10-20-14(13)7-9-18(11)16(19)15(17)12-5-3-2-4-6-12/h2-6,8,10-11,15H,7,9H2,1H3. The van der Waals surface area contributed by atoms with E-state index in [9.17, 15) is 4.79 Å². The van der Waals surface area contributed by atoms with Crippen LogP contribution in [0, 0.1) is 0 Å². The second-order valence-electron chi connectivity index (χ2n) is 5.03. The lowest BCUT2D eigenvalue weighted by molar-refractivity contribution is -0.133. The summed E-state index contributed by atoms with van der Waals surface area (Å²) in [5.74, 6) is 0.00205. The summed E-state index contributed by atoms with van der Waals surface area (Å²) >= 11 is 8.14. The molecule has 0 fully saturated rings. The molecular formula is C16H16ClNOS. The van der Waals surface area contributed by atoms with Gasteiger partial charge in [0.05, 0.1) is 6.04 Å². The molecule has 0 saturated heterocycles. The van der Waals surface area contributed by atoms with E-state index in [4.69, 9.17) is 11.6 Å². The molecule has 3 rings (SSSR count). The smallest absolute Gasteiger partial charge is 0.245 e. The lowest BCUT2D eigenvalue weighted by Gasteiger charge is -2.35. The molecule has 1 aliphatic heterocycles. The quantitative estimate of drug-likeness (QED) is 0.762. The minimum atomic E-state index is -0.598. The third-order valence-electron chi connectivity index (χ3n) is 3.87. The van der Waals surface area contributed by atoms with Crippen molar-refractivity contribution in [3.63, 3.8) is 0 Å². The highest BCUT2D eigenvalue weighted by molar-refractivity contribution is 7.10. The second kappa shape index (κ2) is 5.58. The maximum absolute atomic E-state index is 12.6. The van der Waals surface area contributed by atoms with Crippen LogP contribution < -0.4 is 0 Å². The van der Waals surface area contributed by atoms with E-state index >= 15 is 0 Å².